The molecule has 0 spiro atoms. The van der Waals surface area contributed by atoms with Gasteiger partial charge in [-0.3, -0.25) is 9.59 Å². The quantitative estimate of drug-likeness (QED) is 0.722. The van der Waals surface area contributed by atoms with E-state index in [-0.39, 0.29) is 5.91 Å². The maximum atomic E-state index is 12.5. The van der Waals surface area contributed by atoms with Crippen molar-refractivity contribution in [1.29, 1.82) is 0 Å². The number of benzene rings is 1. The molecule has 2 atom stereocenters. The Bertz CT molecular complexity index is 941. The topological polar surface area (TPSA) is 88.6 Å². The third-order valence-corrected chi connectivity index (χ3v) is 5.76. The average molecular weight is 393 g/mol. The Labute approximate surface area is 170 Å². The molecule has 2 heterocycles. The van der Waals surface area contributed by atoms with E-state index >= 15 is 0 Å². The van der Waals surface area contributed by atoms with Gasteiger partial charge in [0.1, 0.15) is 11.5 Å². The smallest absolute Gasteiger partial charge is 0.248 e. The summed E-state index contributed by atoms with van der Waals surface area (Å²) < 4.78 is 5.81. The fourth-order valence-corrected chi connectivity index (χ4v) is 3.91. The van der Waals surface area contributed by atoms with Gasteiger partial charge < -0.3 is 20.4 Å². The highest BCUT2D eigenvalue weighted by Crippen LogP contribution is 2.47. The first-order chi connectivity index (χ1) is 14.0. The van der Waals surface area contributed by atoms with Crippen LogP contribution in [0.4, 0.5) is 11.4 Å². The van der Waals surface area contributed by atoms with Crippen LogP contribution < -0.4 is 16.0 Å². The molecule has 6 heteroatoms. The van der Waals surface area contributed by atoms with Crippen molar-refractivity contribution in [1.82, 2.24) is 0 Å². The maximum Gasteiger partial charge on any atom is 0.248 e. The molecule has 2 unspecified atom stereocenters. The van der Waals surface area contributed by atoms with Crippen LogP contribution in [0.1, 0.15) is 60.4 Å². The Hall–Kier alpha value is -3.02. The van der Waals surface area contributed by atoms with Crippen LogP contribution in [-0.4, -0.2) is 24.9 Å². The summed E-state index contributed by atoms with van der Waals surface area (Å²) in [7, 11) is 0. The number of nitrogens with two attached hydrogens (primary N) is 1. The van der Waals surface area contributed by atoms with Gasteiger partial charge in [0.05, 0.1) is 11.4 Å². The number of anilines is 2. The number of carbonyl (C=O) groups excluding carboxylic acids is 2. The highest BCUT2D eigenvalue weighted by atomic mass is 16.3. The van der Waals surface area contributed by atoms with Crippen LogP contribution in [0.25, 0.3) is 6.08 Å². The Morgan fingerprint density at radius 2 is 1.93 bits per heavy atom. The standard InChI is InChI=1S/C23H27N3O3/c1-15-13-18(15)21-9-6-17(29-21)7-10-22(27)25-19-14-16(23(24)28)5-8-20(19)26-11-3-2-4-12-26/h5-10,14-15,18H,2-4,11-13H2,1H3,(H2,24,28)(H,25,27)/b10-7+. The molecule has 1 aliphatic heterocycles. The number of hydrogen-bond donors (Lipinski definition) is 2. The lowest BCUT2D eigenvalue weighted by molar-refractivity contribution is -0.111. The molecular formula is C23H27N3O3. The highest BCUT2D eigenvalue weighted by Gasteiger charge is 2.36. The van der Waals surface area contributed by atoms with Crippen molar-refractivity contribution >= 4 is 29.3 Å². The molecule has 0 bridgehead atoms. The van der Waals surface area contributed by atoms with Gasteiger partial charge in [-0.1, -0.05) is 6.92 Å². The van der Waals surface area contributed by atoms with Crippen molar-refractivity contribution in [3.05, 3.63) is 53.5 Å². The number of piperidine rings is 1. The van der Waals surface area contributed by atoms with Crippen LogP contribution in [0.2, 0.25) is 0 Å². The van der Waals surface area contributed by atoms with Crippen LogP contribution in [0.3, 0.4) is 0 Å². The van der Waals surface area contributed by atoms with E-state index in [1.807, 2.05) is 18.2 Å². The van der Waals surface area contributed by atoms with Crippen LogP contribution in [0.5, 0.6) is 0 Å². The summed E-state index contributed by atoms with van der Waals surface area (Å²) in [6.45, 7) is 4.07. The molecule has 0 radical (unpaired) electrons. The van der Waals surface area contributed by atoms with Crippen molar-refractivity contribution in [2.75, 3.05) is 23.3 Å². The van der Waals surface area contributed by atoms with Crippen molar-refractivity contribution in [2.45, 2.75) is 38.5 Å². The van der Waals surface area contributed by atoms with Gasteiger partial charge in [-0.05, 0) is 68.0 Å². The molecule has 1 aromatic heterocycles. The third-order valence-electron chi connectivity index (χ3n) is 5.76. The molecule has 3 N–H and O–H groups in total. The number of nitrogens with one attached hydrogen (secondary N) is 1. The number of hydrogen-bond acceptors (Lipinski definition) is 4. The van der Waals surface area contributed by atoms with Crippen LogP contribution in [0, 0.1) is 5.92 Å². The zero-order valence-electron chi connectivity index (χ0n) is 16.7. The first-order valence-corrected chi connectivity index (χ1v) is 10.3. The minimum absolute atomic E-state index is 0.275. The van der Waals surface area contributed by atoms with Gasteiger partial charge in [0.15, 0.2) is 0 Å². The molecule has 2 fully saturated rings. The summed E-state index contributed by atoms with van der Waals surface area (Å²) in [5.74, 6) is 2.04. The number of amides is 2. The SMILES string of the molecule is CC1CC1c1ccc(/C=C/C(=O)Nc2cc(C(N)=O)ccc2N2CCCCC2)o1. The molecule has 152 valence electrons. The number of carbonyl (C=O) groups is 2. The zero-order valence-corrected chi connectivity index (χ0v) is 16.7. The van der Waals surface area contributed by atoms with Crippen LogP contribution in [0.15, 0.2) is 40.8 Å². The summed E-state index contributed by atoms with van der Waals surface area (Å²) >= 11 is 0. The fourth-order valence-electron chi connectivity index (χ4n) is 3.91. The summed E-state index contributed by atoms with van der Waals surface area (Å²) in [5, 5.41) is 2.91. The van der Waals surface area contributed by atoms with Crippen LogP contribution in [-0.2, 0) is 4.79 Å². The minimum Gasteiger partial charge on any atom is -0.461 e. The predicted molar refractivity (Wildman–Crippen MR) is 114 cm³/mol. The van der Waals surface area contributed by atoms with E-state index in [4.69, 9.17) is 10.2 Å². The van der Waals surface area contributed by atoms with Crippen molar-refractivity contribution < 1.29 is 14.0 Å². The Morgan fingerprint density at radius 1 is 1.17 bits per heavy atom. The number of furan rings is 1. The molecule has 1 aliphatic carbocycles. The van der Waals surface area contributed by atoms with Gasteiger partial charge >= 0.3 is 0 Å². The number of rotatable bonds is 6. The van der Waals surface area contributed by atoms with Gasteiger partial charge in [0.2, 0.25) is 11.8 Å². The Kier molecular flexibility index (Phi) is 5.43. The second-order valence-electron chi connectivity index (χ2n) is 8.03. The molecule has 4 rings (SSSR count). The van der Waals surface area contributed by atoms with E-state index in [1.54, 1.807) is 18.2 Å². The largest absolute Gasteiger partial charge is 0.461 e. The summed E-state index contributed by atoms with van der Waals surface area (Å²) in [5.41, 5.74) is 7.32. The minimum atomic E-state index is -0.515. The molecule has 6 nitrogen and oxygen atoms in total. The monoisotopic (exact) mass is 393 g/mol. The molecular weight excluding hydrogens is 366 g/mol. The fraction of sp³-hybridized carbons (Fsp3) is 0.391. The lowest BCUT2D eigenvalue weighted by atomic mass is 10.1. The zero-order chi connectivity index (χ0) is 20.4. The molecule has 1 saturated heterocycles. The average Bonchev–Trinajstić information content (AvgIpc) is 3.26. The van der Waals surface area contributed by atoms with Gasteiger partial charge in [-0.15, -0.1) is 0 Å². The van der Waals surface area contributed by atoms with Crippen molar-refractivity contribution in [2.24, 2.45) is 11.7 Å². The predicted octanol–water partition coefficient (Wildman–Crippen LogP) is 4.14. The van der Waals surface area contributed by atoms with Crippen LogP contribution >= 0.6 is 0 Å². The van der Waals surface area contributed by atoms with E-state index in [0.29, 0.717) is 28.8 Å². The number of primary amides is 1. The first-order valence-electron chi connectivity index (χ1n) is 10.3. The first kappa shape index (κ1) is 19.3. The second kappa shape index (κ2) is 8.15. The molecule has 1 saturated carbocycles. The second-order valence-corrected chi connectivity index (χ2v) is 8.03. The summed E-state index contributed by atoms with van der Waals surface area (Å²) in [6, 6.07) is 9.09. The molecule has 29 heavy (non-hydrogen) atoms. The van der Waals surface area contributed by atoms with Gasteiger partial charge in [0.25, 0.3) is 0 Å². The summed E-state index contributed by atoms with van der Waals surface area (Å²) in [6.07, 6.45) is 7.73. The lowest BCUT2D eigenvalue weighted by Crippen LogP contribution is -2.30. The van der Waals surface area contributed by atoms with Gasteiger partial charge in [-0.2, -0.15) is 0 Å². The summed E-state index contributed by atoms with van der Waals surface area (Å²) in [4.78, 5) is 26.4. The van der Waals surface area contributed by atoms with E-state index in [0.717, 1.165) is 43.8 Å². The van der Waals surface area contributed by atoms with E-state index in [2.05, 4.69) is 17.1 Å². The number of nitrogens with zero attached hydrogens (tertiary/aromatic N) is 1. The van der Waals surface area contributed by atoms with Gasteiger partial charge in [-0.25, -0.2) is 0 Å². The molecule has 1 aromatic carbocycles. The maximum absolute atomic E-state index is 12.5. The molecule has 2 aliphatic rings. The lowest BCUT2D eigenvalue weighted by Gasteiger charge is -2.30. The van der Waals surface area contributed by atoms with E-state index < -0.39 is 5.91 Å². The molecule has 2 amide bonds. The van der Waals surface area contributed by atoms with Crippen molar-refractivity contribution in [3.8, 4) is 0 Å². The van der Waals surface area contributed by atoms with Crippen molar-refractivity contribution in [3.63, 3.8) is 0 Å². The Balaban J connectivity index is 1.49. The van der Waals surface area contributed by atoms with E-state index in [1.165, 1.54) is 12.5 Å². The third kappa shape index (κ3) is 4.53. The Morgan fingerprint density at radius 3 is 2.62 bits per heavy atom. The normalized spacial score (nSPS) is 21.3. The molecule has 2 aromatic rings. The van der Waals surface area contributed by atoms with E-state index in [9.17, 15) is 9.59 Å². The highest BCUT2D eigenvalue weighted by molar-refractivity contribution is 6.05. The van der Waals surface area contributed by atoms with Gasteiger partial charge in [0, 0.05) is 30.6 Å².